The van der Waals surface area contributed by atoms with E-state index in [1.165, 1.54) is 0 Å². The van der Waals surface area contributed by atoms with Crippen molar-refractivity contribution in [2.75, 3.05) is 0 Å². The third-order valence-corrected chi connectivity index (χ3v) is 7.25. The Morgan fingerprint density at radius 3 is 1.91 bits per heavy atom. The summed E-state index contributed by atoms with van der Waals surface area (Å²) in [4.78, 5) is 40.1. The van der Waals surface area contributed by atoms with Crippen LogP contribution in [0.25, 0.3) is 0 Å². The van der Waals surface area contributed by atoms with Crippen LogP contribution in [-0.2, 0) is 19.8 Å². The lowest BCUT2D eigenvalue weighted by Crippen LogP contribution is -2.43. The molecule has 0 aliphatic heterocycles. The highest BCUT2D eigenvalue weighted by Gasteiger charge is 2.49. The number of carbonyl (C=O) groups excluding carboxylic acids is 3. The number of Topliss-reactive ketones (excluding diaryl/α,β-unsaturated/α-hetero) is 3. The van der Waals surface area contributed by atoms with Gasteiger partial charge in [-0.1, -0.05) is 64.4 Å². The van der Waals surface area contributed by atoms with Crippen molar-refractivity contribution in [3.05, 3.63) is 39.1 Å². The monoisotopic (exact) mass is 518 g/mol. The molecule has 2 aliphatic rings. The maximum absolute atomic E-state index is 13.4. The molecule has 1 aromatic rings. The predicted octanol–water partition coefficient (Wildman–Crippen LogP) is 6.31. The molecule has 5 nitrogen and oxygen atoms in total. The summed E-state index contributed by atoms with van der Waals surface area (Å²) in [5.74, 6) is -3.07. The van der Waals surface area contributed by atoms with E-state index in [1.807, 2.05) is 54.5 Å². The summed E-state index contributed by atoms with van der Waals surface area (Å²) in [6, 6.07) is 3.48. The predicted molar refractivity (Wildman–Crippen MR) is 131 cm³/mol. The normalized spacial score (nSPS) is 22.6. The molecule has 0 aromatic heterocycles. The van der Waals surface area contributed by atoms with Gasteiger partial charge in [-0.25, -0.2) is 0 Å². The van der Waals surface area contributed by atoms with Crippen LogP contribution in [0.3, 0.4) is 0 Å². The number of aromatic hydroxyl groups is 1. The van der Waals surface area contributed by atoms with Gasteiger partial charge in [0.05, 0.1) is 5.92 Å². The van der Waals surface area contributed by atoms with E-state index in [9.17, 15) is 24.6 Å². The first-order chi connectivity index (χ1) is 14.9. The Kier molecular flexibility index (Phi) is 6.51. The lowest BCUT2D eigenvalue weighted by molar-refractivity contribution is -0.140. The SMILES string of the molecule is CC1(C)CC(=O)C([C@@H](C2=C(O)CC(C)(C)CC2=O)c2cc(Br)cc(C(C)(C)C)c2O)C(=O)C1. The van der Waals surface area contributed by atoms with Crippen molar-refractivity contribution in [2.45, 2.75) is 85.5 Å². The zero-order valence-electron chi connectivity index (χ0n) is 20.6. The summed E-state index contributed by atoms with van der Waals surface area (Å²) >= 11 is 3.51. The minimum atomic E-state index is -1.12. The van der Waals surface area contributed by atoms with Crippen molar-refractivity contribution in [1.29, 1.82) is 0 Å². The molecule has 33 heavy (non-hydrogen) atoms. The molecule has 0 amide bonds. The Balaban J connectivity index is 2.31. The van der Waals surface area contributed by atoms with Gasteiger partial charge in [-0.2, -0.15) is 0 Å². The Bertz CT molecular complexity index is 1040. The van der Waals surface area contributed by atoms with E-state index in [-0.39, 0.29) is 60.1 Å². The smallest absolute Gasteiger partial charge is 0.163 e. The molecule has 6 heteroatoms. The summed E-state index contributed by atoms with van der Waals surface area (Å²) < 4.78 is 0.671. The van der Waals surface area contributed by atoms with Crippen molar-refractivity contribution < 1.29 is 24.6 Å². The molecule has 1 atom stereocenters. The number of allylic oxidation sites excluding steroid dienone is 2. The van der Waals surface area contributed by atoms with Crippen LogP contribution in [-0.4, -0.2) is 27.6 Å². The first-order valence-electron chi connectivity index (χ1n) is 11.5. The molecule has 0 radical (unpaired) electrons. The standard InChI is InChI=1S/C27H35BrO5/c1-25(2,3)16-9-14(28)8-15(24(16)33)21(22-17(29)10-26(4,5)11-18(22)30)23-19(31)12-27(6,7)13-20(23)32/h8-9,21-22,31,33H,10-13H2,1-7H3/t21-/m0/s1. The van der Waals surface area contributed by atoms with Gasteiger partial charge < -0.3 is 10.2 Å². The molecule has 0 unspecified atom stereocenters. The number of hydrogen-bond donors (Lipinski definition) is 2. The maximum Gasteiger partial charge on any atom is 0.163 e. The molecule has 0 spiro atoms. The maximum atomic E-state index is 13.4. The quantitative estimate of drug-likeness (QED) is 0.457. The van der Waals surface area contributed by atoms with E-state index < -0.39 is 28.1 Å². The van der Waals surface area contributed by atoms with Crippen LogP contribution in [0, 0.1) is 16.7 Å². The van der Waals surface area contributed by atoms with E-state index in [4.69, 9.17) is 0 Å². The summed E-state index contributed by atoms with van der Waals surface area (Å²) in [5, 5.41) is 22.4. The summed E-state index contributed by atoms with van der Waals surface area (Å²) in [7, 11) is 0. The molecule has 0 heterocycles. The Morgan fingerprint density at radius 2 is 1.42 bits per heavy atom. The van der Waals surface area contributed by atoms with Gasteiger partial charge in [0.1, 0.15) is 23.1 Å². The number of benzene rings is 1. The lowest BCUT2D eigenvalue weighted by atomic mass is 9.62. The van der Waals surface area contributed by atoms with E-state index >= 15 is 0 Å². The van der Waals surface area contributed by atoms with E-state index in [0.29, 0.717) is 15.6 Å². The number of rotatable bonds is 3. The van der Waals surface area contributed by atoms with Gasteiger partial charge in [-0.05, 0) is 28.4 Å². The Morgan fingerprint density at radius 1 is 0.909 bits per heavy atom. The molecular weight excluding hydrogens is 484 g/mol. The van der Waals surface area contributed by atoms with Crippen LogP contribution in [0.2, 0.25) is 0 Å². The number of phenols is 1. The van der Waals surface area contributed by atoms with Crippen LogP contribution in [0.1, 0.15) is 91.2 Å². The fraction of sp³-hybridized carbons (Fsp3) is 0.593. The van der Waals surface area contributed by atoms with Crippen LogP contribution in [0.15, 0.2) is 27.9 Å². The number of halogens is 1. The molecule has 3 rings (SSSR count). The topological polar surface area (TPSA) is 91.7 Å². The molecule has 180 valence electrons. The molecule has 2 N–H and O–H groups in total. The Hall–Kier alpha value is -1.95. The number of carbonyl (C=O) groups is 3. The molecule has 1 saturated carbocycles. The third-order valence-electron chi connectivity index (χ3n) is 6.79. The lowest BCUT2D eigenvalue weighted by Gasteiger charge is -2.39. The number of phenolic OH excluding ortho intramolecular Hbond substituents is 1. The zero-order valence-corrected chi connectivity index (χ0v) is 22.2. The molecular formula is C27H35BrO5. The second kappa shape index (κ2) is 8.37. The van der Waals surface area contributed by atoms with Crippen molar-refractivity contribution >= 4 is 33.3 Å². The molecule has 1 fully saturated rings. The average Bonchev–Trinajstić information content (AvgIpc) is 2.58. The van der Waals surface area contributed by atoms with Gasteiger partial charge in [0.2, 0.25) is 0 Å². The first-order valence-corrected chi connectivity index (χ1v) is 12.3. The minimum Gasteiger partial charge on any atom is -0.512 e. The number of aliphatic hydroxyl groups is 1. The van der Waals surface area contributed by atoms with Crippen molar-refractivity contribution in [3.63, 3.8) is 0 Å². The molecule has 0 saturated heterocycles. The molecule has 0 bridgehead atoms. The highest BCUT2D eigenvalue weighted by molar-refractivity contribution is 9.10. The van der Waals surface area contributed by atoms with Crippen LogP contribution >= 0.6 is 15.9 Å². The Labute approximate surface area is 204 Å². The van der Waals surface area contributed by atoms with E-state index in [1.54, 1.807) is 6.07 Å². The summed E-state index contributed by atoms with van der Waals surface area (Å²) in [6.45, 7) is 13.4. The van der Waals surface area contributed by atoms with Crippen LogP contribution in [0.5, 0.6) is 5.75 Å². The highest BCUT2D eigenvalue weighted by atomic mass is 79.9. The van der Waals surface area contributed by atoms with E-state index in [0.717, 1.165) is 0 Å². The zero-order chi connectivity index (χ0) is 25.1. The van der Waals surface area contributed by atoms with Gasteiger partial charge in [0.15, 0.2) is 5.78 Å². The highest BCUT2D eigenvalue weighted by Crippen LogP contribution is 2.51. The van der Waals surface area contributed by atoms with Gasteiger partial charge in [-0.3, -0.25) is 14.4 Å². The summed E-state index contributed by atoms with van der Waals surface area (Å²) in [5.41, 5.74) is -0.251. The van der Waals surface area contributed by atoms with Crippen molar-refractivity contribution in [1.82, 2.24) is 0 Å². The van der Waals surface area contributed by atoms with E-state index in [2.05, 4.69) is 15.9 Å². The van der Waals surface area contributed by atoms with Gasteiger partial charge >= 0.3 is 0 Å². The average molecular weight is 519 g/mol. The van der Waals surface area contributed by atoms with Gasteiger partial charge in [0, 0.05) is 52.8 Å². The van der Waals surface area contributed by atoms with Gasteiger partial charge in [0.25, 0.3) is 0 Å². The third kappa shape index (κ3) is 5.11. The minimum absolute atomic E-state index is 0.0425. The van der Waals surface area contributed by atoms with Crippen LogP contribution in [0.4, 0.5) is 0 Å². The van der Waals surface area contributed by atoms with Crippen molar-refractivity contribution in [3.8, 4) is 5.75 Å². The summed E-state index contributed by atoms with van der Waals surface area (Å²) in [6.07, 6.45) is 0.874. The fourth-order valence-electron chi connectivity index (χ4n) is 5.36. The first kappa shape index (κ1) is 25.7. The number of ketones is 3. The largest absolute Gasteiger partial charge is 0.512 e. The van der Waals surface area contributed by atoms with Crippen LogP contribution < -0.4 is 0 Å². The molecule has 1 aromatic carbocycles. The fourth-order valence-corrected chi connectivity index (χ4v) is 5.84. The second-order valence-electron chi connectivity index (χ2n) is 12.3. The van der Waals surface area contributed by atoms with Crippen molar-refractivity contribution in [2.24, 2.45) is 16.7 Å². The molecule has 2 aliphatic carbocycles. The number of hydrogen-bond acceptors (Lipinski definition) is 5. The van der Waals surface area contributed by atoms with Gasteiger partial charge in [-0.15, -0.1) is 0 Å². The number of aliphatic hydroxyl groups excluding tert-OH is 1. The second-order valence-corrected chi connectivity index (χ2v) is 13.3.